The van der Waals surface area contributed by atoms with Crippen LogP contribution in [0.25, 0.3) is 0 Å². The smallest absolute Gasteiger partial charge is 0.0206 e. The van der Waals surface area contributed by atoms with Crippen LogP contribution < -0.4 is 10.6 Å². The van der Waals surface area contributed by atoms with Gasteiger partial charge in [0.25, 0.3) is 0 Å². The summed E-state index contributed by atoms with van der Waals surface area (Å²) < 4.78 is 0. The van der Waals surface area contributed by atoms with Crippen molar-refractivity contribution in [3.63, 3.8) is 0 Å². The van der Waals surface area contributed by atoms with Crippen LogP contribution in [0.2, 0.25) is 0 Å². The van der Waals surface area contributed by atoms with Gasteiger partial charge in [-0.3, -0.25) is 0 Å². The number of rotatable bonds is 6. The van der Waals surface area contributed by atoms with Gasteiger partial charge in [-0.25, -0.2) is 0 Å². The molecule has 1 aliphatic carbocycles. The van der Waals surface area contributed by atoms with Crippen LogP contribution in [0.15, 0.2) is 30.3 Å². The standard InChI is InChI=1S/C16H26N2/c1-2-7-11-16(10-6-1)18-13-12-17-14-15-8-4-3-5-9-15/h3-5,8-9,16-18H,1-2,6-7,10-14H2. The fraction of sp³-hybridized carbons (Fsp3) is 0.625. The lowest BCUT2D eigenvalue weighted by Gasteiger charge is -2.16. The van der Waals surface area contributed by atoms with Gasteiger partial charge in [-0.2, -0.15) is 0 Å². The summed E-state index contributed by atoms with van der Waals surface area (Å²) in [4.78, 5) is 0. The fourth-order valence-corrected chi connectivity index (χ4v) is 2.68. The number of benzene rings is 1. The Morgan fingerprint density at radius 3 is 2.33 bits per heavy atom. The molecule has 0 saturated heterocycles. The van der Waals surface area contributed by atoms with Gasteiger partial charge in [0.15, 0.2) is 0 Å². The van der Waals surface area contributed by atoms with Gasteiger partial charge in [-0.15, -0.1) is 0 Å². The van der Waals surface area contributed by atoms with E-state index in [1.54, 1.807) is 0 Å². The Labute approximate surface area is 111 Å². The van der Waals surface area contributed by atoms with Crippen molar-refractivity contribution >= 4 is 0 Å². The molecule has 2 heteroatoms. The first-order valence-electron chi connectivity index (χ1n) is 7.43. The first-order valence-corrected chi connectivity index (χ1v) is 7.43. The van der Waals surface area contributed by atoms with E-state index >= 15 is 0 Å². The molecule has 0 amide bonds. The van der Waals surface area contributed by atoms with Crippen LogP contribution in [0.5, 0.6) is 0 Å². The molecule has 0 atom stereocenters. The SMILES string of the molecule is c1ccc(CNCCNC2CCCCCC2)cc1. The molecule has 1 fully saturated rings. The van der Waals surface area contributed by atoms with Gasteiger partial charge in [-0.1, -0.05) is 56.0 Å². The Hall–Kier alpha value is -0.860. The molecule has 0 bridgehead atoms. The van der Waals surface area contributed by atoms with Crippen LogP contribution in [0, 0.1) is 0 Å². The largest absolute Gasteiger partial charge is 0.313 e. The van der Waals surface area contributed by atoms with E-state index in [0.717, 1.165) is 25.7 Å². The Morgan fingerprint density at radius 2 is 1.61 bits per heavy atom. The van der Waals surface area contributed by atoms with Gasteiger partial charge < -0.3 is 10.6 Å². The molecule has 0 aliphatic heterocycles. The maximum Gasteiger partial charge on any atom is 0.0206 e. The highest BCUT2D eigenvalue weighted by Gasteiger charge is 2.10. The second-order valence-corrected chi connectivity index (χ2v) is 5.30. The zero-order valence-corrected chi connectivity index (χ0v) is 11.3. The summed E-state index contributed by atoms with van der Waals surface area (Å²) in [6, 6.07) is 11.4. The molecule has 0 radical (unpaired) electrons. The lowest BCUT2D eigenvalue weighted by atomic mass is 10.1. The third-order valence-electron chi connectivity index (χ3n) is 3.76. The maximum atomic E-state index is 3.69. The molecule has 1 aliphatic rings. The van der Waals surface area contributed by atoms with Crippen molar-refractivity contribution in [2.24, 2.45) is 0 Å². The molecule has 18 heavy (non-hydrogen) atoms. The third kappa shape index (κ3) is 5.19. The number of hydrogen-bond acceptors (Lipinski definition) is 2. The minimum Gasteiger partial charge on any atom is -0.313 e. The lowest BCUT2D eigenvalue weighted by molar-refractivity contribution is 0.454. The molecule has 0 unspecified atom stereocenters. The highest BCUT2D eigenvalue weighted by atomic mass is 15.0. The van der Waals surface area contributed by atoms with Crippen molar-refractivity contribution in [2.75, 3.05) is 13.1 Å². The first-order chi connectivity index (χ1) is 8.95. The molecule has 0 heterocycles. The summed E-state index contributed by atoms with van der Waals surface area (Å²) in [5.74, 6) is 0. The maximum absolute atomic E-state index is 3.69. The monoisotopic (exact) mass is 246 g/mol. The van der Waals surface area contributed by atoms with E-state index < -0.39 is 0 Å². The molecule has 100 valence electrons. The van der Waals surface area contributed by atoms with Crippen LogP contribution in [0.4, 0.5) is 0 Å². The van der Waals surface area contributed by atoms with Gasteiger partial charge in [0, 0.05) is 25.7 Å². The van der Waals surface area contributed by atoms with Crippen molar-refractivity contribution in [3.05, 3.63) is 35.9 Å². The van der Waals surface area contributed by atoms with Crippen molar-refractivity contribution in [2.45, 2.75) is 51.1 Å². The predicted octanol–water partition coefficient (Wildman–Crippen LogP) is 3.09. The summed E-state index contributed by atoms with van der Waals surface area (Å²) >= 11 is 0. The van der Waals surface area contributed by atoms with Crippen LogP contribution in [-0.4, -0.2) is 19.1 Å². The molecule has 0 aromatic heterocycles. The molecule has 0 spiro atoms. The second kappa shape index (κ2) is 8.28. The summed E-state index contributed by atoms with van der Waals surface area (Å²) in [7, 11) is 0. The van der Waals surface area contributed by atoms with Crippen molar-refractivity contribution in [1.29, 1.82) is 0 Å². The second-order valence-electron chi connectivity index (χ2n) is 5.30. The number of nitrogens with one attached hydrogen (secondary N) is 2. The quantitative estimate of drug-likeness (QED) is 0.595. The zero-order chi connectivity index (χ0) is 12.5. The summed E-state index contributed by atoms with van der Waals surface area (Å²) in [5, 5.41) is 7.18. The summed E-state index contributed by atoms with van der Waals surface area (Å²) in [5.41, 5.74) is 1.37. The number of hydrogen-bond donors (Lipinski definition) is 2. The van der Waals surface area contributed by atoms with E-state index in [2.05, 4.69) is 41.0 Å². The zero-order valence-electron chi connectivity index (χ0n) is 11.3. The normalized spacial score (nSPS) is 17.6. The Bertz CT molecular complexity index is 302. The lowest BCUT2D eigenvalue weighted by Crippen LogP contribution is -2.34. The topological polar surface area (TPSA) is 24.1 Å². The van der Waals surface area contributed by atoms with E-state index in [1.807, 2.05) is 0 Å². The van der Waals surface area contributed by atoms with Gasteiger partial charge in [-0.05, 0) is 18.4 Å². The molecule has 2 N–H and O–H groups in total. The van der Waals surface area contributed by atoms with Crippen molar-refractivity contribution < 1.29 is 0 Å². The molecule has 1 saturated carbocycles. The van der Waals surface area contributed by atoms with Crippen LogP contribution >= 0.6 is 0 Å². The average molecular weight is 246 g/mol. The van der Waals surface area contributed by atoms with Gasteiger partial charge in [0.2, 0.25) is 0 Å². The van der Waals surface area contributed by atoms with E-state index in [0.29, 0.717) is 0 Å². The average Bonchev–Trinajstić information content (AvgIpc) is 2.68. The van der Waals surface area contributed by atoms with E-state index in [-0.39, 0.29) is 0 Å². The molecular formula is C16H26N2. The molecule has 2 nitrogen and oxygen atoms in total. The molecule has 2 rings (SSSR count). The molecule has 1 aromatic carbocycles. The molecule has 1 aromatic rings. The van der Waals surface area contributed by atoms with E-state index in [9.17, 15) is 0 Å². The highest BCUT2D eigenvalue weighted by Crippen LogP contribution is 2.16. The van der Waals surface area contributed by atoms with Gasteiger partial charge in [0.1, 0.15) is 0 Å². The van der Waals surface area contributed by atoms with Crippen LogP contribution in [0.3, 0.4) is 0 Å². The Morgan fingerprint density at radius 1 is 0.889 bits per heavy atom. The first kappa shape index (κ1) is 13.6. The van der Waals surface area contributed by atoms with Crippen LogP contribution in [0.1, 0.15) is 44.1 Å². The van der Waals surface area contributed by atoms with E-state index in [4.69, 9.17) is 0 Å². The molecular weight excluding hydrogens is 220 g/mol. The highest BCUT2D eigenvalue weighted by molar-refractivity contribution is 5.14. The van der Waals surface area contributed by atoms with Crippen LogP contribution in [-0.2, 0) is 6.54 Å². The minimum absolute atomic E-state index is 0.769. The summed E-state index contributed by atoms with van der Waals surface area (Å²) in [6.45, 7) is 3.14. The van der Waals surface area contributed by atoms with Crippen molar-refractivity contribution in [1.82, 2.24) is 10.6 Å². The Balaban J connectivity index is 1.53. The van der Waals surface area contributed by atoms with Gasteiger partial charge in [0.05, 0.1) is 0 Å². The van der Waals surface area contributed by atoms with E-state index in [1.165, 1.54) is 44.1 Å². The van der Waals surface area contributed by atoms with Crippen molar-refractivity contribution in [3.8, 4) is 0 Å². The minimum atomic E-state index is 0.769. The summed E-state index contributed by atoms with van der Waals surface area (Å²) in [6.07, 6.45) is 8.44. The van der Waals surface area contributed by atoms with Gasteiger partial charge >= 0.3 is 0 Å². The third-order valence-corrected chi connectivity index (χ3v) is 3.76. The predicted molar refractivity (Wildman–Crippen MR) is 77.6 cm³/mol. The fourth-order valence-electron chi connectivity index (χ4n) is 2.68. The Kier molecular flexibility index (Phi) is 6.24.